The van der Waals surface area contributed by atoms with Crippen LogP contribution in [0.2, 0.25) is 5.15 Å². The van der Waals surface area contributed by atoms with Crippen LogP contribution >= 0.6 is 11.6 Å². The number of aryl methyl sites for hydroxylation is 1. The molecule has 0 spiro atoms. The van der Waals surface area contributed by atoms with Gasteiger partial charge in [-0.25, -0.2) is 13.8 Å². The Bertz CT molecular complexity index is 536. The van der Waals surface area contributed by atoms with Gasteiger partial charge in [-0.2, -0.15) is 0 Å². The van der Waals surface area contributed by atoms with E-state index in [4.69, 9.17) is 11.6 Å². The maximum Gasteiger partial charge on any atom is 0.263 e. The lowest BCUT2D eigenvalue weighted by atomic mass is 10.1. The first-order valence-corrected chi connectivity index (χ1v) is 6.17. The van der Waals surface area contributed by atoms with E-state index in [1.807, 2.05) is 13.0 Å². The molecule has 2 aromatic rings. The minimum Gasteiger partial charge on any atom is -0.378 e. The molecule has 0 aliphatic rings. The van der Waals surface area contributed by atoms with E-state index in [2.05, 4.69) is 10.3 Å². The van der Waals surface area contributed by atoms with Gasteiger partial charge >= 0.3 is 0 Å². The van der Waals surface area contributed by atoms with E-state index < -0.39 is 6.43 Å². The third-order valence-corrected chi connectivity index (χ3v) is 3.10. The van der Waals surface area contributed by atoms with Crippen molar-refractivity contribution in [1.29, 1.82) is 0 Å². The molecule has 1 aromatic heterocycles. The largest absolute Gasteiger partial charge is 0.378 e. The molecule has 0 aliphatic heterocycles. The molecule has 0 saturated carbocycles. The number of nitrogens with zero attached hydrogens (tertiary/aromatic N) is 1. The van der Waals surface area contributed by atoms with Crippen molar-refractivity contribution in [2.24, 2.45) is 0 Å². The SMILES string of the molecule is Cc1ccnc(Cl)c1NCc1ccc(C(F)F)cc1. The molecule has 0 atom stereocenters. The Balaban J connectivity index is 2.06. The zero-order chi connectivity index (χ0) is 13.8. The highest BCUT2D eigenvalue weighted by molar-refractivity contribution is 6.32. The molecule has 0 bridgehead atoms. The summed E-state index contributed by atoms with van der Waals surface area (Å²) >= 11 is 5.99. The third-order valence-electron chi connectivity index (χ3n) is 2.81. The maximum atomic E-state index is 12.4. The lowest BCUT2D eigenvalue weighted by molar-refractivity contribution is 0.151. The maximum absolute atomic E-state index is 12.4. The smallest absolute Gasteiger partial charge is 0.263 e. The van der Waals surface area contributed by atoms with E-state index in [-0.39, 0.29) is 5.56 Å². The first-order valence-electron chi connectivity index (χ1n) is 5.80. The first-order chi connectivity index (χ1) is 9.08. The molecule has 0 unspecified atom stereocenters. The molecule has 0 saturated heterocycles. The van der Waals surface area contributed by atoms with Gasteiger partial charge in [0.15, 0.2) is 5.15 Å². The van der Waals surface area contributed by atoms with Crippen LogP contribution in [0.3, 0.4) is 0 Å². The number of hydrogen-bond acceptors (Lipinski definition) is 2. The summed E-state index contributed by atoms with van der Waals surface area (Å²) in [7, 11) is 0. The Morgan fingerprint density at radius 2 is 1.89 bits per heavy atom. The summed E-state index contributed by atoms with van der Waals surface area (Å²) in [6.07, 6.45) is -0.794. The van der Waals surface area contributed by atoms with Crippen molar-refractivity contribution >= 4 is 17.3 Å². The van der Waals surface area contributed by atoms with Gasteiger partial charge in [0.1, 0.15) is 0 Å². The Hall–Kier alpha value is -1.68. The van der Waals surface area contributed by atoms with Crippen LogP contribution in [0.15, 0.2) is 36.5 Å². The quantitative estimate of drug-likeness (QED) is 0.830. The molecular weight excluding hydrogens is 270 g/mol. The molecular formula is C14H13ClF2N2. The molecule has 0 aliphatic carbocycles. The lowest BCUT2D eigenvalue weighted by Crippen LogP contribution is -2.02. The fourth-order valence-electron chi connectivity index (χ4n) is 1.71. The zero-order valence-electron chi connectivity index (χ0n) is 10.3. The van der Waals surface area contributed by atoms with Gasteiger partial charge in [0.2, 0.25) is 0 Å². The summed E-state index contributed by atoms with van der Waals surface area (Å²) in [6.45, 7) is 2.44. The highest BCUT2D eigenvalue weighted by atomic mass is 35.5. The van der Waals surface area contributed by atoms with Crippen molar-refractivity contribution in [2.75, 3.05) is 5.32 Å². The Labute approximate surface area is 115 Å². The first kappa shape index (κ1) is 13.7. The van der Waals surface area contributed by atoms with Gasteiger partial charge in [0, 0.05) is 18.3 Å². The van der Waals surface area contributed by atoms with Crippen molar-refractivity contribution in [3.63, 3.8) is 0 Å². The van der Waals surface area contributed by atoms with Gasteiger partial charge in [0.05, 0.1) is 5.69 Å². The van der Waals surface area contributed by atoms with Crippen LogP contribution in [0, 0.1) is 6.92 Å². The van der Waals surface area contributed by atoms with E-state index in [0.717, 1.165) is 16.8 Å². The fourth-order valence-corrected chi connectivity index (χ4v) is 1.98. The summed E-state index contributed by atoms with van der Waals surface area (Å²) < 4.78 is 24.8. The molecule has 5 heteroatoms. The van der Waals surface area contributed by atoms with Crippen molar-refractivity contribution < 1.29 is 8.78 Å². The second-order valence-corrected chi connectivity index (χ2v) is 4.55. The predicted octanol–water partition coefficient (Wildman–Crippen LogP) is 4.59. The van der Waals surface area contributed by atoms with Crippen LogP contribution in [0.4, 0.5) is 14.5 Å². The van der Waals surface area contributed by atoms with Crippen LogP contribution in [0.1, 0.15) is 23.1 Å². The number of pyridine rings is 1. The molecule has 0 radical (unpaired) electrons. The van der Waals surface area contributed by atoms with E-state index in [9.17, 15) is 8.78 Å². The predicted molar refractivity (Wildman–Crippen MR) is 72.7 cm³/mol. The van der Waals surface area contributed by atoms with Gasteiger partial charge in [-0.1, -0.05) is 35.9 Å². The molecule has 2 nitrogen and oxygen atoms in total. The van der Waals surface area contributed by atoms with E-state index in [1.54, 1.807) is 18.3 Å². The zero-order valence-corrected chi connectivity index (χ0v) is 11.1. The normalized spacial score (nSPS) is 10.8. The van der Waals surface area contributed by atoms with Gasteiger partial charge in [0.25, 0.3) is 6.43 Å². The monoisotopic (exact) mass is 282 g/mol. The number of halogens is 3. The minimum absolute atomic E-state index is 0.0272. The topological polar surface area (TPSA) is 24.9 Å². The molecule has 19 heavy (non-hydrogen) atoms. The van der Waals surface area contributed by atoms with Crippen molar-refractivity contribution in [3.05, 3.63) is 58.4 Å². The molecule has 2 rings (SSSR count). The number of alkyl halides is 2. The molecule has 1 aromatic carbocycles. The molecule has 0 amide bonds. The molecule has 1 heterocycles. The Morgan fingerprint density at radius 3 is 2.47 bits per heavy atom. The highest BCUT2D eigenvalue weighted by Gasteiger charge is 2.07. The minimum atomic E-state index is -2.43. The summed E-state index contributed by atoms with van der Waals surface area (Å²) in [5, 5.41) is 3.57. The van der Waals surface area contributed by atoms with Crippen LogP contribution in [-0.2, 0) is 6.54 Å². The number of benzene rings is 1. The second kappa shape index (κ2) is 5.97. The van der Waals surface area contributed by atoms with Crippen LogP contribution in [0.5, 0.6) is 0 Å². The van der Waals surface area contributed by atoms with E-state index >= 15 is 0 Å². The van der Waals surface area contributed by atoms with Gasteiger partial charge in [-0.3, -0.25) is 0 Å². The average Bonchev–Trinajstić information content (AvgIpc) is 2.38. The fraction of sp³-hybridized carbons (Fsp3) is 0.214. The number of aromatic nitrogens is 1. The number of rotatable bonds is 4. The van der Waals surface area contributed by atoms with Crippen molar-refractivity contribution in [1.82, 2.24) is 4.98 Å². The van der Waals surface area contributed by atoms with Gasteiger partial charge in [-0.15, -0.1) is 0 Å². The average molecular weight is 283 g/mol. The summed E-state index contributed by atoms with van der Waals surface area (Å²) in [5.41, 5.74) is 2.69. The summed E-state index contributed by atoms with van der Waals surface area (Å²) in [4.78, 5) is 3.99. The molecule has 0 fully saturated rings. The highest BCUT2D eigenvalue weighted by Crippen LogP contribution is 2.24. The number of hydrogen-bond donors (Lipinski definition) is 1. The van der Waals surface area contributed by atoms with Gasteiger partial charge in [-0.05, 0) is 24.1 Å². The third kappa shape index (κ3) is 3.41. The van der Waals surface area contributed by atoms with E-state index in [1.165, 1.54) is 12.1 Å². The lowest BCUT2D eigenvalue weighted by Gasteiger charge is -2.11. The van der Waals surface area contributed by atoms with Crippen molar-refractivity contribution in [3.8, 4) is 0 Å². The Morgan fingerprint density at radius 1 is 1.21 bits per heavy atom. The van der Waals surface area contributed by atoms with Crippen LogP contribution < -0.4 is 5.32 Å². The molecule has 1 N–H and O–H groups in total. The standard InChI is InChI=1S/C14H13ClF2N2/c1-9-6-7-18-13(15)12(9)19-8-10-2-4-11(5-3-10)14(16)17/h2-7,14,19H,8H2,1H3. The number of anilines is 1. The molecule has 100 valence electrons. The van der Waals surface area contributed by atoms with E-state index in [0.29, 0.717) is 11.7 Å². The van der Waals surface area contributed by atoms with Crippen LogP contribution in [-0.4, -0.2) is 4.98 Å². The number of nitrogens with one attached hydrogen (secondary N) is 1. The van der Waals surface area contributed by atoms with Gasteiger partial charge < -0.3 is 5.32 Å². The summed E-state index contributed by atoms with van der Waals surface area (Å²) in [5.74, 6) is 0. The van der Waals surface area contributed by atoms with Crippen molar-refractivity contribution in [2.45, 2.75) is 19.9 Å². The summed E-state index contributed by atoms with van der Waals surface area (Å²) in [6, 6.07) is 8.06. The van der Waals surface area contributed by atoms with Crippen LogP contribution in [0.25, 0.3) is 0 Å². The Kier molecular flexibility index (Phi) is 4.32. The second-order valence-electron chi connectivity index (χ2n) is 4.19.